The predicted octanol–water partition coefficient (Wildman–Crippen LogP) is 5.05. The highest BCUT2D eigenvalue weighted by Gasteiger charge is 1.95. The molecule has 0 aromatic rings. The number of allylic oxidation sites excluding steroid dienone is 2. The molecular weight excluding hydrogens is 144 g/mol. The smallest absolute Gasteiger partial charge is 0.0260 e. The number of rotatable bonds is 1. The fourth-order valence-electron chi connectivity index (χ4n) is 0.577. The van der Waals surface area contributed by atoms with Crippen LogP contribution in [-0.2, 0) is 0 Å². The zero-order valence-corrected chi connectivity index (χ0v) is 10.6. The van der Waals surface area contributed by atoms with Gasteiger partial charge in [-0.25, -0.2) is 0 Å². The highest BCUT2D eigenvalue weighted by atomic mass is 14.0. The normalized spacial score (nSPS) is 7.50. The first kappa shape index (κ1) is 17.7. The van der Waals surface area contributed by atoms with Crippen LogP contribution in [0.4, 0.5) is 0 Å². The topological polar surface area (TPSA) is 0 Å². The largest absolute Gasteiger partial charge is 0.0773 e. The third-order valence-electron chi connectivity index (χ3n) is 1.65. The Morgan fingerprint density at radius 1 is 0.750 bits per heavy atom. The van der Waals surface area contributed by atoms with Crippen molar-refractivity contribution in [1.29, 1.82) is 0 Å². The van der Waals surface area contributed by atoms with Crippen molar-refractivity contribution < 1.29 is 0 Å². The summed E-state index contributed by atoms with van der Waals surface area (Å²) in [5.41, 5.74) is 2.98. The highest BCUT2D eigenvalue weighted by Crippen LogP contribution is 2.11. The quantitative estimate of drug-likeness (QED) is 0.485. The van der Waals surface area contributed by atoms with Gasteiger partial charge in [0.05, 0.1) is 0 Å². The first-order valence-corrected chi connectivity index (χ1v) is 5.19. The Morgan fingerprint density at radius 3 is 1.00 bits per heavy atom. The van der Waals surface area contributed by atoms with Crippen LogP contribution >= 0.6 is 0 Å². The van der Waals surface area contributed by atoms with Crippen molar-refractivity contribution in [3.05, 3.63) is 11.1 Å². The van der Waals surface area contributed by atoms with Gasteiger partial charge in [0.25, 0.3) is 0 Å². The zero-order valence-electron chi connectivity index (χ0n) is 10.6. The van der Waals surface area contributed by atoms with Gasteiger partial charge in [0.1, 0.15) is 0 Å². The SMILES string of the molecule is CC.CC.CC(C)=C(C)C(C)C. The molecule has 12 heavy (non-hydrogen) atoms. The van der Waals surface area contributed by atoms with Crippen molar-refractivity contribution >= 4 is 0 Å². The van der Waals surface area contributed by atoms with Gasteiger partial charge in [0.15, 0.2) is 0 Å². The molecule has 0 saturated carbocycles. The van der Waals surface area contributed by atoms with E-state index >= 15 is 0 Å². The summed E-state index contributed by atoms with van der Waals surface area (Å²) >= 11 is 0. The van der Waals surface area contributed by atoms with Gasteiger partial charge < -0.3 is 0 Å². The maximum atomic E-state index is 2.22. The van der Waals surface area contributed by atoms with E-state index in [4.69, 9.17) is 0 Å². The Bertz CT molecular complexity index is 92.6. The summed E-state index contributed by atoms with van der Waals surface area (Å²) in [4.78, 5) is 0. The lowest BCUT2D eigenvalue weighted by Gasteiger charge is -2.05. The molecule has 0 fully saturated rings. The lowest BCUT2D eigenvalue weighted by Crippen LogP contribution is -1.89. The Labute approximate surface area is 80.1 Å². The fourth-order valence-corrected chi connectivity index (χ4v) is 0.577. The van der Waals surface area contributed by atoms with E-state index in [2.05, 4.69) is 34.6 Å². The summed E-state index contributed by atoms with van der Waals surface area (Å²) in [5, 5.41) is 0. The molecule has 0 aliphatic heterocycles. The molecule has 0 heterocycles. The third kappa shape index (κ3) is 12.4. The van der Waals surface area contributed by atoms with Crippen LogP contribution in [0.1, 0.15) is 62.3 Å². The zero-order chi connectivity index (χ0) is 10.7. The molecule has 0 aromatic carbocycles. The summed E-state index contributed by atoms with van der Waals surface area (Å²) in [5.74, 6) is 0.722. The average Bonchev–Trinajstić information content (AvgIpc) is 2.10. The van der Waals surface area contributed by atoms with E-state index in [1.807, 2.05) is 27.7 Å². The summed E-state index contributed by atoms with van der Waals surface area (Å²) in [6.07, 6.45) is 0. The second-order valence-electron chi connectivity index (χ2n) is 2.84. The lowest BCUT2D eigenvalue weighted by molar-refractivity contribution is 0.756. The molecule has 0 amide bonds. The minimum absolute atomic E-state index is 0.722. The Balaban J connectivity index is -0.000000175. The molecule has 0 aliphatic rings. The van der Waals surface area contributed by atoms with Crippen LogP contribution in [0.5, 0.6) is 0 Å². The van der Waals surface area contributed by atoms with Crippen LogP contribution in [0.2, 0.25) is 0 Å². The van der Waals surface area contributed by atoms with Gasteiger partial charge >= 0.3 is 0 Å². The van der Waals surface area contributed by atoms with Gasteiger partial charge in [-0.2, -0.15) is 0 Å². The van der Waals surface area contributed by atoms with E-state index in [0.29, 0.717) is 0 Å². The van der Waals surface area contributed by atoms with E-state index in [1.54, 1.807) is 0 Å². The van der Waals surface area contributed by atoms with Gasteiger partial charge in [-0.15, -0.1) is 0 Å². The minimum atomic E-state index is 0.722. The van der Waals surface area contributed by atoms with Gasteiger partial charge in [-0.05, 0) is 26.7 Å². The summed E-state index contributed by atoms with van der Waals surface area (Å²) in [7, 11) is 0. The second-order valence-corrected chi connectivity index (χ2v) is 2.84. The van der Waals surface area contributed by atoms with E-state index < -0.39 is 0 Å². The predicted molar refractivity (Wildman–Crippen MR) is 61.6 cm³/mol. The van der Waals surface area contributed by atoms with Crippen molar-refractivity contribution in [2.75, 3.05) is 0 Å². The highest BCUT2D eigenvalue weighted by molar-refractivity contribution is 5.08. The van der Waals surface area contributed by atoms with Crippen LogP contribution in [0.3, 0.4) is 0 Å². The second kappa shape index (κ2) is 13.3. The number of hydrogen-bond acceptors (Lipinski definition) is 0. The van der Waals surface area contributed by atoms with Gasteiger partial charge in [-0.1, -0.05) is 52.7 Å². The molecule has 76 valence electrons. The molecule has 0 saturated heterocycles. The maximum Gasteiger partial charge on any atom is -0.0260 e. The van der Waals surface area contributed by atoms with Crippen molar-refractivity contribution in [2.45, 2.75) is 62.3 Å². The van der Waals surface area contributed by atoms with Gasteiger partial charge in [-0.3, -0.25) is 0 Å². The molecule has 0 aromatic heterocycles. The van der Waals surface area contributed by atoms with E-state index in [9.17, 15) is 0 Å². The van der Waals surface area contributed by atoms with Crippen LogP contribution in [0.15, 0.2) is 11.1 Å². The van der Waals surface area contributed by atoms with E-state index in [0.717, 1.165) is 5.92 Å². The van der Waals surface area contributed by atoms with Gasteiger partial charge in [0, 0.05) is 0 Å². The van der Waals surface area contributed by atoms with Crippen LogP contribution in [0.25, 0.3) is 0 Å². The van der Waals surface area contributed by atoms with Crippen molar-refractivity contribution in [3.63, 3.8) is 0 Å². The molecule has 0 radical (unpaired) electrons. The maximum absolute atomic E-state index is 2.22. The first-order chi connectivity index (χ1) is 5.55. The molecule has 0 rings (SSSR count). The molecule has 0 nitrogen and oxygen atoms in total. The third-order valence-corrected chi connectivity index (χ3v) is 1.65. The van der Waals surface area contributed by atoms with E-state index in [-0.39, 0.29) is 0 Å². The minimum Gasteiger partial charge on any atom is -0.0773 e. The molecule has 0 heteroatoms. The van der Waals surface area contributed by atoms with Crippen molar-refractivity contribution in [3.8, 4) is 0 Å². The average molecular weight is 172 g/mol. The van der Waals surface area contributed by atoms with Crippen molar-refractivity contribution in [1.82, 2.24) is 0 Å². The Morgan fingerprint density at radius 2 is 1.00 bits per heavy atom. The molecule has 0 N–H and O–H groups in total. The van der Waals surface area contributed by atoms with Crippen molar-refractivity contribution in [2.24, 2.45) is 5.92 Å². The van der Waals surface area contributed by atoms with Crippen LogP contribution in [0, 0.1) is 5.92 Å². The molecular formula is C12H28. The Kier molecular flexibility index (Phi) is 19.7. The molecule has 0 spiro atoms. The molecule has 0 unspecified atom stereocenters. The summed E-state index contributed by atoms with van der Waals surface area (Å²) < 4.78 is 0. The summed E-state index contributed by atoms with van der Waals surface area (Å²) in [6, 6.07) is 0. The molecule has 0 atom stereocenters. The Hall–Kier alpha value is -0.260. The fraction of sp³-hybridized carbons (Fsp3) is 0.833. The van der Waals surface area contributed by atoms with Gasteiger partial charge in [0.2, 0.25) is 0 Å². The lowest BCUT2D eigenvalue weighted by atomic mass is 10.0. The number of hydrogen-bond donors (Lipinski definition) is 0. The molecule has 0 bridgehead atoms. The first-order valence-electron chi connectivity index (χ1n) is 5.19. The molecule has 0 aliphatic carbocycles. The van der Waals surface area contributed by atoms with E-state index in [1.165, 1.54) is 11.1 Å². The van der Waals surface area contributed by atoms with Crippen LogP contribution < -0.4 is 0 Å². The monoisotopic (exact) mass is 172 g/mol. The summed E-state index contributed by atoms with van der Waals surface area (Å²) in [6.45, 7) is 19.0. The van der Waals surface area contributed by atoms with Crippen LogP contribution in [-0.4, -0.2) is 0 Å². The standard InChI is InChI=1S/C8H16.2C2H6/c1-6(2)8(5)7(3)4;2*1-2/h6H,1-5H3;2*1-2H3.